The maximum Gasteiger partial charge on any atom is 0.252 e. The lowest BCUT2D eigenvalue weighted by Crippen LogP contribution is -2.30. The molecular weight excluding hydrogens is 435 g/mol. The van der Waals surface area contributed by atoms with Gasteiger partial charge in [0.15, 0.2) is 0 Å². The number of allylic oxidation sites excluding steroid dienone is 1. The number of rotatable bonds is 7. The Bertz CT molecular complexity index is 958. The molecule has 0 fully saturated rings. The Kier molecular flexibility index (Phi) is 5.93. The van der Waals surface area contributed by atoms with Crippen LogP contribution in [0.15, 0.2) is 79.9 Å². The molecule has 0 saturated carbocycles. The fourth-order valence-corrected chi connectivity index (χ4v) is 3.79. The van der Waals surface area contributed by atoms with Crippen LogP contribution in [-0.2, 0) is 6.54 Å². The minimum Gasteiger partial charge on any atom is -0.343 e. The normalized spacial score (nSPS) is 11.9. The molecule has 132 valence electrons. The first kappa shape index (κ1) is 18.5. The van der Waals surface area contributed by atoms with Gasteiger partial charge in [-0.25, -0.2) is 0 Å². The minimum atomic E-state index is -0.150. The number of hydrogen-bond acceptors (Lipinski definition) is 1. The highest BCUT2D eigenvalue weighted by molar-refractivity contribution is 14.1. The predicted octanol–water partition coefficient (Wildman–Crippen LogP) is 5.48. The van der Waals surface area contributed by atoms with Gasteiger partial charge >= 0.3 is 0 Å². The van der Waals surface area contributed by atoms with Gasteiger partial charge in [0.1, 0.15) is 0 Å². The Morgan fingerprint density at radius 3 is 2.58 bits per heavy atom. The molecule has 3 nitrogen and oxygen atoms in total. The third-order valence-electron chi connectivity index (χ3n) is 4.34. The maximum absolute atomic E-state index is 12.8. The van der Waals surface area contributed by atoms with Gasteiger partial charge in [-0.1, -0.05) is 42.5 Å². The molecule has 1 amide bonds. The summed E-state index contributed by atoms with van der Waals surface area (Å²) in [6, 6.07) is 17.8. The molecule has 0 aliphatic heterocycles. The molecule has 4 heteroatoms. The Balaban J connectivity index is 2.00. The van der Waals surface area contributed by atoms with Crippen LogP contribution < -0.4 is 5.32 Å². The lowest BCUT2D eigenvalue weighted by molar-refractivity contribution is 0.0934. The average Bonchev–Trinajstić information content (AvgIpc) is 3.01. The zero-order valence-electron chi connectivity index (χ0n) is 14.5. The zero-order chi connectivity index (χ0) is 18.5. The summed E-state index contributed by atoms with van der Waals surface area (Å²) in [4.78, 5) is 12.8. The van der Waals surface area contributed by atoms with Crippen molar-refractivity contribution in [2.24, 2.45) is 0 Å². The zero-order valence-corrected chi connectivity index (χ0v) is 16.6. The van der Waals surface area contributed by atoms with Gasteiger partial charge in [0.05, 0.1) is 11.6 Å². The van der Waals surface area contributed by atoms with Crippen LogP contribution in [0.3, 0.4) is 0 Å². The van der Waals surface area contributed by atoms with Crippen LogP contribution in [0, 0.1) is 3.57 Å². The first-order valence-corrected chi connectivity index (χ1v) is 9.59. The van der Waals surface area contributed by atoms with Crippen LogP contribution in [-0.4, -0.2) is 10.5 Å². The molecule has 0 aliphatic carbocycles. The van der Waals surface area contributed by atoms with Gasteiger partial charge in [0, 0.05) is 21.3 Å². The summed E-state index contributed by atoms with van der Waals surface area (Å²) in [7, 11) is 0. The third kappa shape index (κ3) is 3.75. The first-order valence-electron chi connectivity index (χ1n) is 8.51. The molecule has 1 atom stereocenters. The number of amides is 1. The second kappa shape index (κ2) is 8.36. The number of fused-ring (bicyclic) bond motifs is 1. The van der Waals surface area contributed by atoms with E-state index in [4.69, 9.17) is 0 Å². The first-order chi connectivity index (χ1) is 12.7. The van der Waals surface area contributed by atoms with E-state index in [-0.39, 0.29) is 11.9 Å². The van der Waals surface area contributed by atoms with E-state index in [1.807, 2.05) is 48.6 Å². The van der Waals surface area contributed by atoms with E-state index in [1.54, 1.807) is 0 Å². The number of benzene rings is 2. The molecule has 0 spiro atoms. The van der Waals surface area contributed by atoms with Gasteiger partial charge in [-0.05, 0) is 58.7 Å². The van der Waals surface area contributed by atoms with Gasteiger partial charge in [0.2, 0.25) is 0 Å². The van der Waals surface area contributed by atoms with Crippen LogP contribution in [0.4, 0.5) is 0 Å². The summed E-state index contributed by atoms with van der Waals surface area (Å²) in [6.45, 7) is 8.44. The lowest BCUT2D eigenvalue weighted by atomic mass is 10.1. The SMILES string of the molecule is C=CCC(NC(=O)c1ccccc1I)c1cc2ccccc2n1CC=C. The van der Waals surface area contributed by atoms with Crippen LogP contribution in [0.5, 0.6) is 0 Å². The molecule has 1 heterocycles. The largest absolute Gasteiger partial charge is 0.343 e. The fraction of sp³-hybridized carbons (Fsp3) is 0.136. The Labute approximate surface area is 167 Å². The van der Waals surface area contributed by atoms with Gasteiger partial charge in [-0.2, -0.15) is 0 Å². The van der Waals surface area contributed by atoms with Gasteiger partial charge in [0.25, 0.3) is 5.91 Å². The van der Waals surface area contributed by atoms with Crippen LogP contribution in [0.2, 0.25) is 0 Å². The highest BCUT2D eigenvalue weighted by atomic mass is 127. The Morgan fingerprint density at radius 1 is 1.12 bits per heavy atom. The Hall–Kier alpha value is -2.34. The molecule has 1 N–H and O–H groups in total. The molecule has 0 radical (unpaired) electrons. The van der Waals surface area contributed by atoms with E-state index >= 15 is 0 Å². The highest BCUT2D eigenvalue weighted by Gasteiger charge is 2.20. The smallest absolute Gasteiger partial charge is 0.252 e. The van der Waals surface area contributed by atoms with Crippen molar-refractivity contribution in [1.82, 2.24) is 9.88 Å². The van der Waals surface area contributed by atoms with Crippen molar-refractivity contribution in [3.8, 4) is 0 Å². The standard InChI is InChI=1S/C22H21IN2O/c1-3-9-19(24-22(26)17-11-6-7-12-18(17)23)21-15-16-10-5-8-13-20(16)25(21)14-4-2/h3-8,10-13,15,19H,1-2,9,14H2,(H,24,26). The molecule has 3 aromatic rings. The summed E-state index contributed by atoms with van der Waals surface area (Å²) >= 11 is 2.19. The predicted molar refractivity (Wildman–Crippen MR) is 116 cm³/mol. The summed E-state index contributed by atoms with van der Waals surface area (Å²) in [5, 5.41) is 4.34. The van der Waals surface area contributed by atoms with Crippen LogP contribution >= 0.6 is 22.6 Å². The molecule has 3 rings (SSSR count). The summed E-state index contributed by atoms with van der Waals surface area (Å²) in [5.41, 5.74) is 2.89. The van der Waals surface area contributed by atoms with E-state index in [0.29, 0.717) is 18.5 Å². The number of nitrogens with zero attached hydrogens (tertiary/aromatic N) is 1. The molecule has 0 bridgehead atoms. The monoisotopic (exact) mass is 456 g/mol. The van der Waals surface area contributed by atoms with Gasteiger partial charge < -0.3 is 9.88 Å². The summed E-state index contributed by atoms with van der Waals surface area (Å²) < 4.78 is 3.14. The molecule has 1 aromatic heterocycles. The van der Waals surface area contributed by atoms with Gasteiger partial charge in [-0.3, -0.25) is 4.79 Å². The molecule has 2 aromatic carbocycles. The van der Waals surface area contributed by atoms with Crippen molar-refractivity contribution in [2.75, 3.05) is 0 Å². The number of halogens is 1. The molecule has 1 unspecified atom stereocenters. The second-order valence-electron chi connectivity index (χ2n) is 6.06. The van der Waals surface area contributed by atoms with Crippen LogP contribution in [0.25, 0.3) is 10.9 Å². The fourth-order valence-electron chi connectivity index (χ4n) is 3.15. The van der Waals surface area contributed by atoms with Gasteiger partial charge in [-0.15, -0.1) is 13.2 Å². The van der Waals surface area contributed by atoms with Crippen molar-refractivity contribution in [2.45, 2.75) is 19.0 Å². The topological polar surface area (TPSA) is 34.0 Å². The van der Waals surface area contributed by atoms with E-state index in [9.17, 15) is 4.79 Å². The van der Waals surface area contributed by atoms with Crippen molar-refractivity contribution in [3.05, 3.63) is 94.7 Å². The molecule has 0 saturated heterocycles. The number of carbonyl (C=O) groups is 1. The number of aromatic nitrogens is 1. The molecule has 26 heavy (non-hydrogen) atoms. The summed E-state index contributed by atoms with van der Waals surface area (Å²) in [6.07, 6.45) is 4.38. The molecular formula is C22H21IN2O. The second-order valence-corrected chi connectivity index (χ2v) is 7.22. The number of para-hydroxylation sites is 1. The van der Waals surface area contributed by atoms with Crippen molar-refractivity contribution in [3.63, 3.8) is 0 Å². The van der Waals surface area contributed by atoms with Crippen molar-refractivity contribution < 1.29 is 4.79 Å². The number of hydrogen-bond donors (Lipinski definition) is 1. The van der Waals surface area contributed by atoms with E-state index in [1.165, 1.54) is 0 Å². The van der Waals surface area contributed by atoms with E-state index < -0.39 is 0 Å². The lowest BCUT2D eigenvalue weighted by Gasteiger charge is -2.20. The maximum atomic E-state index is 12.8. The third-order valence-corrected chi connectivity index (χ3v) is 5.28. The van der Waals surface area contributed by atoms with Crippen LogP contribution in [0.1, 0.15) is 28.5 Å². The quantitative estimate of drug-likeness (QED) is 0.371. The number of nitrogens with one attached hydrogen (secondary N) is 1. The van der Waals surface area contributed by atoms with E-state index in [0.717, 1.165) is 20.2 Å². The number of carbonyl (C=O) groups excluding carboxylic acids is 1. The highest BCUT2D eigenvalue weighted by Crippen LogP contribution is 2.27. The van der Waals surface area contributed by atoms with Crippen molar-refractivity contribution >= 4 is 39.4 Å². The van der Waals surface area contributed by atoms with Crippen molar-refractivity contribution in [1.29, 1.82) is 0 Å². The van der Waals surface area contributed by atoms with E-state index in [2.05, 4.69) is 63.8 Å². The average molecular weight is 456 g/mol. The Morgan fingerprint density at radius 2 is 1.85 bits per heavy atom. The molecule has 0 aliphatic rings. The minimum absolute atomic E-state index is 0.0720. The summed E-state index contributed by atoms with van der Waals surface area (Å²) in [5.74, 6) is -0.0720.